The summed E-state index contributed by atoms with van der Waals surface area (Å²) in [6.07, 6.45) is 0.882. The molecular formula is C17H22N4O. The Hall–Kier alpha value is -2.48. The summed E-state index contributed by atoms with van der Waals surface area (Å²) in [5.41, 5.74) is 9.77. The molecule has 5 nitrogen and oxygen atoms in total. The Labute approximate surface area is 131 Å². The number of rotatable bonds is 5. The lowest BCUT2D eigenvalue weighted by Gasteiger charge is -2.10. The SMILES string of the molecule is CC[C@@H](C)n1nc(OCc2ccc(C)cc2C)c(C#N)c1N. The molecule has 5 heteroatoms. The molecule has 0 spiro atoms. The average Bonchev–Trinajstić information content (AvgIpc) is 2.81. The third-order valence-electron chi connectivity index (χ3n) is 3.90. The quantitative estimate of drug-likeness (QED) is 0.916. The number of ether oxygens (including phenoxy) is 1. The fraction of sp³-hybridized carbons (Fsp3) is 0.412. The minimum absolute atomic E-state index is 0.130. The van der Waals surface area contributed by atoms with Crippen LogP contribution in [-0.2, 0) is 6.61 Å². The molecule has 0 saturated carbocycles. The van der Waals surface area contributed by atoms with Gasteiger partial charge in [0, 0.05) is 0 Å². The van der Waals surface area contributed by atoms with Crippen LogP contribution in [0.1, 0.15) is 48.6 Å². The molecule has 1 aromatic heterocycles. The molecule has 0 amide bonds. The molecule has 0 bridgehead atoms. The van der Waals surface area contributed by atoms with Gasteiger partial charge in [-0.2, -0.15) is 5.26 Å². The Kier molecular flexibility index (Phi) is 4.71. The van der Waals surface area contributed by atoms with Gasteiger partial charge in [-0.15, -0.1) is 5.10 Å². The van der Waals surface area contributed by atoms with Crippen molar-refractivity contribution in [1.82, 2.24) is 9.78 Å². The minimum Gasteiger partial charge on any atom is -0.471 e. The van der Waals surface area contributed by atoms with Crippen molar-refractivity contribution in [2.75, 3.05) is 5.73 Å². The number of anilines is 1. The predicted molar refractivity (Wildman–Crippen MR) is 86.6 cm³/mol. The largest absolute Gasteiger partial charge is 0.471 e. The molecule has 0 radical (unpaired) electrons. The van der Waals surface area contributed by atoms with Crippen LogP contribution >= 0.6 is 0 Å². The molecule has 116 valence electrons. The smallest absolute Gasteiger partial charge is 0.253 e. The number of hydrogen-bond acceptors (Lipinski definition) is 4. The molecule has 1 heterocycles. The first-order valence-electron chi connectivity index (χ1n) is 7.44. The van der Waals surface area contributed by atoms with E-state index in [1.54, 1.807) is 4.68 Å². The summed E-state index contributed by atoms with van der Waals surface area (Å²) >= 11 is 0. The fourth-order valence-corrected chi connectivity index (χ4v) is 2.29. The van der Waals surface area contributed by atoms with Crippen molar-refractivity contribution in [2.45, 2.75) is 46.8 Å². The minimum atomic E-state index is 0.130. The number of hydrogen-bond donors (Lipinski definition) is 1. The second kappa shape index (κ2) is 6.52. The Morgan fingerprint density at radius 3 is 2.73 bits per heavy atom. The second-order valence-corrected chi connectivity index (χ2v) is 5.60. The number of aromatic nitrogens is 2. The number of aryl methyl sites for hydroxylation is 2. The number of benzene rings is 1. The van der Waals surface area contributed by atoms with Gasteiger partial charge in [-0.3, -0.25) is 0 Å². The van der Waals surface area contributed by atoms with Crippen molar-refractivity contribution >= 4 is 5.82 Å². The molecule has 0 aliphatic carbocycles. The molecule has 2 N–H and O–H groups in total. The summed E-state index contributed by atoms with van der Waals surface area (Å²) in [5, 5.41) is 13.7. The van der Waals surface area contributed by atoms with Crippen LogP contribution in [0.4, 0.5) is 5.82 Å². The fourth-order valence-electron chi connectivity index (χ4n) is 2.29. The summed E-state index contributed by atoms with van der Waals surface area (Å²) in [6.45, 7) is 8.53. The number of nitriles is 1. The van der Waals surface area contributed by atoms with Gasteiger partial charge in [0.05, 0.1) is 6.04 Å². The van der Waals surface area contributed by atoms with E-state index in [9.17, 15) is 5.26 Å². The Balaban J connectivity index is 2.24. The molecule has 1 aromatic carbocycles. The molecule has 0 aliphatic rings. The summed E-state index contributed by atoms with van der Waals surface area (Å²) in [4.78, 5) is 0. The molecular weight excluding hydrogens is 276 g/mol. The predicted octanol–water partition coefficient (Wildman–Crippen LogP) is 3.50. The maximum atomic E-state index is 9.29. The molecule has 22 heavy (non-hydrogen) atoms. The highest BCUT2D eigenvalue weighted by Crippen LogP contribution is 2.27. The zero-order valence-corrected chi connectivity index (χ0v) is 13.6. The van der Waals surface area contributed by atoms with Crippen molar-refractivity contribution in [3.8, 4) is 11.9 Å². The first kappa shape index (κ1) is 15.9. The molecule has 0 aliphatic heterocycles. The first-order valence-corrected chi connectivity index (χ1v) is 7.44. The first-order chi connectivity index (χ1) is 10.5. The van der Waals surface area contributed by atoms with Crippen molar-refractivity contribution in [3.63, 3.8) is 0 Å². The lowest BCUT2D eigenvalue weighted by molar-refractivity contribution is 0.285. The van der Waals surface area contributed by atoms with Crippen LogP contribution in [0.5, 0.6) is 5.88 Å². The van der Waals surface area contributed by atoms with Gasteiger partial charge >= 0.3 is 0 Å². The van der Waals surface area contributed by atoms with Crippen molar-refractivity contribution in [1.29, 1.82) is 5.26 Å². The highest BCUT2D eigenvalue weighted by Gasteiger charge is 2.19. The van der Waals surface area contributed by atoms with Crippen LogP contribution in [0.3, 0.4) is 0 Å². The summed E-state index contributed by atoms with van der Waals surface area (Å²) in [5.74, 6) is 0.674. The van der Waals surface area contributed by atoms with E-state index in [1.165, 1.54) is 5.56 Å². The maximum absolute atomic E-state index is 9.29. The van der Waals surface area contributed by atoms with E-state index in [0.717, 1.165) is 17.5 Å². The molecule has 0 saturated heterocycles. The highest BCUT2D eigenvalue weighted by molar-refractivity contribution is 5.55. The molecule has 2 rings (SSSR count). The van der Waals surface area contributed by atoms with E-state index in [1.807, 2.05) is 32.9 Å². The van der Waals surface area contributed by atoms with Gasteiger partial charge in [0.25, 0.3) is 5.88 Å². The molecule has 0 fully saturated rings. The van der Waals surface area contributed by atoms with Gasteiger partial charge in [-0.25, -0.2) is 4.68 Å². The lowest BCUT2D eigenvalue weighted by atomic mass is 10.1. The van der Waals surface area contributed by atoms with Crippen molar-refractivity contribution in [3.05, 3.63) is 40.5 Å². The normalized spacial score (nSPS) is 12.0. The van der Waals surface area contributed by atoms with Gasteiger partial charge in [-0.1, -0.05) is 30.7 Å². The Bertz CT molecular complexity index is 712. The number of nitrogens with two attached hydrogens (primary N) is 1. The van der Waals surface area contributed by atoms with Gasteiger partial charge < -0.3 is 10.5 Å². The van der Waals surface area contributed by atoms with E-state index in [0.29, 0.717) is 23.9 Å². The summed E-state index contributed by atoms with van der Waals surface area (Å²) < 4.78 is 7.42. The third-order valence-corrected chi connectivity index (χ3v) is 3.90. The van der Waals surface area contributed by atoms with Crippen LogP contribution in [0, 0.1) is 25.2 Å². The van der Waals surface area contributed by atoms with Crippen LogP contribution in [0.15, 0.2) is 18.2 Å². The molecule has 1 atom stereocenters. The molecule has 2 aromatic rings. The maximum Gasteiger partial charge on any atom is 0.253 e. The lowest BCUT2D eigenvalue weighted by Crippen LogP contribution is -2.09. The van der Waals surface area contributed by atoms with E-state index >= 15 is 0 Å². The van der Waals surface area contributed by atoms with Gasteiger partial charge in [0.2, 0.25) is 0 Å². The number of nitrogens with zero attached hydrogens (tertiary/aromatic N) is 3. The van der Waals surface area contributed by atoms with Crippen molar-refractivity contribution in [2.24, 2.45) is 0 Å². The average molecular weight is 298 g/mol. The summed E-state index contributed by atoms with van der Waals surface area (Å²) in [6, 6.07) is 8.41. The molecule has 0 unspecified atom stereocenters. The highest BCUT2D eigenvalue weighted by atomic mass is 16.5. The Morgan fingerprint density at radius 1 is 1.41 bits per heavy atom. The third kappa shape index (κ3) is 3.06. The topological polar surface area (TPSA) is 76.9 Å². The van der Waals surface area contributed by atoms with Crippen molar-refractivity contribution < 1.29 is 4.74 Å². The van der Waals surface area contributed by atoms with E-state index in [2.05, 4.69) is 24.2 Å². The van der Waals surface area contributed by atoms with Crippen LogP contribution < -0.4 is 10.5 Å². The van der Waals surface area contributed by atoms with Gasteiger partial charge in [0.15, 0.2) is 5.56 Å². The van der Waals surface area contributed by atoms with Crippen LogP contribution in [0.25, 0.3) is 0 Å². The van der Waals surface area contributed by atoms with Crippen LogP contribution in [-0.4, -0.2) is 9.78 Å². The van der Waals surface area contributed by atoms with Crippen LogP contribution in [0.2, 0.25) is 0 Å². The number of nitrogen functional groups attached to an aromatic ring is 1. The standard InChI is InChI=1S/C17H22N4O/c1-5-13(4)21-16(19)15(9-18)17(20-21)22-10-14-7-6-11(2)8-12(14)3/h6-8,13H,5,10,19H2,1-4H3/t13-/m1/s1. The second-order valence-electron chi connectivity index (χ2n) is 5.60. The van der Waals surface area contributed by atoms with E-state index < -0.39 is 0 Å². The Morgan fingerprint density at radius 2 is 2.14 bits per heavy atom. The van der Waals surface area contributed by atoms with Gasteiger partial charge in [-0.05, 0) is 38.3 Å². The zero-order chi connectivity index (χ0) is 16.3. The summed E-state index contributed by atoms with van der Waals surface area (Å²) in [7, 11) is 0. The van der Waals surface area contributed by atoms with Gasteiger partial charge in [0.1, 0.15) is 18.5 Å². The zero-order valence-electron chi connectivity index (χ0n) is 13.6. The van der Waals surface area contributed by atoms with E-state index in [-0.39, 0.29) is 6.04 Å². The van der Waals surface area contributed by atoms with E-state index in [4.69, 9.17) is 10.5 Å². The monoisotopic (exact) mass is 298 g/mol.